The molecular formula is C64H42N2O. The molecule has 3 heteroatoms. The molecule has 2 aromatic heterocycles. The molecule has 67 heavy (non-hydrogen) atoms. The van der Waals surface area contributed by atoms with E-state index in [0.717, 1.165) is 66.9 Å². The van der Waals surface area contributed by atoms with Crippen LogP contribution in [-0.2, 0) is 0 Å². The van der Waals surface area contributed by atoms with Crippen LogP contribution in [0.15, 0.2) is 259 Å². The van der Waals surface area contributed by atoms with Gasteiger partial charge in [0.1, 0.15) is 11.2 Å². The van der Waals surface area contributed by atoms with E-state index in [1.165, 1.54) is 54.8 Å². The molecule has 0 unspecified atom stereocenters. The predicted molar refractivity (Wildman–Crippen MR) is 282 cm³/mol. The van der Waals surface area contributed by atoms with Crippen LogP contribution in [0.3, 0.4) is 0 Å². The molecule has 11 aromatic carbocycles. The van der Waals surface area contributed by atoms with E-state index in [-0.39, 0.29) is 0 Å². The molecule has 0 radical (unpaired) electrons. The fourth-order valence-electron chi connectivity index (χ4n) is 10.1. The van der Waals surface area contributed by atoms with E-state index in [2.05, 4.69) is 252 Å². The number of para-hydroxylation sites is 3. The summed E-state index contributed by atoms with van der Waals surface area (Å²) in [6.45, 7) is 0. The van der Waals surface area contributed by atoms with Crippen molar-refractivity contribution in [1.29, 1.82) is 0 Å². The number of nitrogens with zero attached hydrogens (tertiary/aromatic N) is 2. The maximum Gasteiger partial charge on any atom is 0.136 e. The number of furan rings is 1. The summed E-state index contributed by atoms with van der Waals surface area (Å²) < 4.78 is 8.60. The lowest BCUT2D eigenvalue weighted by atomic mass is 9.96. The molecule has 0 saturated heterocycles. The van der Waals surface area contributed by atoms with Crippen molar-refractivity contribution in [2.24, 2.45) is 0 Å². The summed E-state index contributed by atoms with van der Waals surface area (Å²) in [4.78, 5) is 2.37. The summed E-state index contributed by atoms with van der Waals surface area (Å²) >= 11 is 0. The van der Waals surface area contributed by atoms with Crippen molar-refractivity contribution in [1.82, 2.24) is 4.57 Å². The summed E-state index contributed by atoms with van der Waals surface area (Å²) in [5, 5.41) is 7.30. The van der Waals surface area contributed by atoms with Crippen molar-refractivity contribution < 1.29 is 4.42 Å². The van der Waals surface area contributed by atoms with Crippen LogP contribution in [0.5, 0.6) is 0 Å². The number of rotatable bonds is 8. The highest BCUT2D eigenvalue weighted by Gasteiger charge is 2.17. The number of aromatic nitrogens is 1. The van der Waals surface area contributed by atoms with Crippen LogP contribution in [-0.4, -0.2) is 4.57 Å². The Bertz CT molecular complexity index is 3890. The molecule has 0 aliphatic rings. The predicted octanol–water partition coefficient (Wildman–Crippen LogP) is 18.0. The van der Waals surface area contributed by atoms with Crippen LogP contribution >= 0.6 is 0 Å². The van der Waals surface area contributed by atoms with Crippen LogP contribution in [0, 0.1) is 0 Å². The Kier molecular flexibility index (Phi) is 9.17. The minimum absolute atomic E-state index is 0.907. The van der Waals surface area contributed by atoms with E-state index in [9.17, 15) is 0 Å². The third-order valence-corrected chi connectivity index (χ3v) is 13.4. The van der Waals surface area contributed by atoms with Gasteiger partial charge >= 0.3 is 0 Å². The highest BCUT2D eigenvalue weighted by molar-refractivity contribution is 6.09. The molecule has 0 aliphatic carbocycles. The third-order valence-electron chi connectivity index (χ3n) is 13.4. The molecule has 0 amide bonds. The topological polar surface area (TPSA) is 21.3 Å². The molecule has 0 atom stereocenters. The highest BCUT2D eigenvalue weighted by Crippen LogP contribution is 2.40. The molecule has 0 N–H and O–H groups in total. The minimum atomic E-state index is 0.907. The second-order valence-corrected chi connectivity index (χ2v) is 17.3. The monoisotopic (exact) mass is 854 g/mol. The standard InChI is InChI=1S/C64H42N2O/c1-2-15-55-48(11-1)12-9-19-56(55)49-29-27-44(28-30-49)46-33-38-52(39-34-46)65(53-13-10-14-54(42-53)66-61-20-6-3-16-57(61)58-17-4-7-21-62(58)66)51-36-31-45(32-37-51)43-23-25-47(26-24-43)50-35-40-60-59-18-5-8-22-63(59)67-64(60)41-50/h1-42H. The number of benzene rings is 11. The van der Waals surface area contributed by atoms with Crippen LogP contribution < -0.4 is 4.90 Å². The summed E-state index contributed by atoms with van der Waals surface area (Å²) in [7, 11) is 0. The zero-order chi connectivity index (χ0) is 44.3. The zero-order valence-electron chi connectivity index (χ0n) is 36.6. The molecule has 2 heterocycles. The Balaban J connectivity index is 0.851. The van der Waals surface area contributed by atoms with Gasteiger partial charge in [-0.25, -0.2) is 0 Å². The smallest absolute Gasteiger partial charge is 0.136 e. The molecule has 13 rings (SSSR count). The van der Waals surface area contributed by atoms with Crippen molar-refractivity contribution in [3.05, 3.63) is 255 Å². The molecule has 0 fully saturated rings. The van der Waals surface area contributed by atoms with Crippen molar-refractivity contribution >= 4 is 71.6 Å². The normalized spacial score (nSPS) is 11.6. The van der Waals surface area contributed by atoms with Crippen LogP contribution in [0.4, 0.5) is 17.1 Å². The number of hydrogen-bond acceptors (Lipinski definition) is 2. The highest BCUT2D eigenvalue weighted by atomic mass is 16.3. The first-order valence-electron chi connectivity index (χ1n) is 22.9. The van der Waals surface area contributed by atoms with E-state index in [0.29, 0.717) is 0 Å². The van der Waals surface area contributed by atoms with E-state index >= 15 is 0 Å². The lowest BCUT2D eigenvalue weighted by molar-refractivity contribution is 0.669. The molecule has 0 aliphatic heterocycles. The minimum Gasteiger partial charge on any atom is -0.456 e. The van der Waals surface area contributed by atoms with Gasteiger partial charge in [0.25, 0.3) is 0 Å². The zero-order valence-corrected chi connectivity index (χ0v) is 36.6. The van der Waals surface area contributed by atoms with Crippen molar-refractivity contribution in [3.8, 4) is 50.2 Å². The van der Waals surface area contributed by atoms with Crippen molar-refractivity contribution in [3.63, 3.8) is 0 Å². The van der Waals surface area contributed by atoms with Crippen molar-refractivity contribution in [2.45, 2.75) is 0 Å². The van der Waals surface area contributed by atoms with E-state index in [1.54, 1.807) is 0 Å². The Hall–Kier alpha value is -8.92. The fraction of sp³-hybridized carbons (Fsp3) is 0. The Labute approximate surface area is 388 Å². The quantitative estimate of drug-likeness (QED) is 0.152. The summed E-state index contributed by atoms with van der Waals surface area (Å²) in [5.41, 5.74) is 18.0. The molecule has 0 bridgehead atoms. The molecule has 314 valence electrons. The first-order chi connectivity index (χ1) is 33.2. The largest absolute Gasteiger partial charge is 0.456 e. The Morgan fingerprint density at radius 3 is 1.39 bits per heavy atom. The second kappa shape index (κ2) is 16.0. The van der Waals surface area contributed by atoms with Gasteiger partial charge in [0.15, 0.2) is 0 Å². The molecule has 3 nitrogen and oxygen atoms in total. The van der Waals surface area contributed by atoms with E-state index in [1.807, 2.05) is 12.1 Å². The molecule has 13 aromatic rings. The van der Waals surface area contributed by atoms with Gasteiger partial charge < -0.3 is 13.9 Å². The maximum atomic E-state index is 6.21. The number of hydrogen-bond donors (Lipinski definition) is 0. The SMILES string of the molecule is c1cc(N(c2ccc(-c3ccc(-c4ccc5c(c4)oc4ccccc45)cc3)cc2)c2ccc(-c3ccc(-c4cccc5ccccc45)cc3)cc2)cc(-n2c3ccccc3c3ccccc32)c1. The van der Waals surface area contributed by atoms with Gasteiger partial charge in [0, 0.05) is 44.3 Å². The van der Waals surface area contributed by atoms with Crippen LogP contribution in [0.1, 0.15) is 0 Å². The van der Waals surface area contributed by atoms with Gasteiger partial charge in [0.2, 0.25) is 0 Å². The molecular weight excluding hydrogens is 813 g/mol. The number of fused-ring (bicyclic) bond motifs is 7. The van der Waals surface area contributed by atoms with Gasteiger partial charge in [-0.05, 0) is 128 Å². The average Bonchev–Trinajstić information content (AvgIpc) is 3.95. The average molecular weight is 855 g/mol. The summed E-state index contributed by atoms with van der Waals surface area (Å²) in [6, 6.07) is 91.9. The van der Waals surface area contributed by atoms with Gasteiger partial charge in [0.05, 0.1) is 11.0 Å². The van der Waals surface area contributed by atoms with Gasteiger partial charge in [-0.2, -0.15) is 0 Å². The Morgan fingerprint density at radius 2 is 0.746 bits per heavy atom. The van der Waals surface area contributed by atoms with Crippen molar-refractivity contribution in [2.75, 3.05) is 4.90 Å². The van der Waals surface area contributed by atoms with Crippen LogP contribution in [0.25, 0.3) is 105 Å². The Morgan fingerprint density at radius 1 is 0.284 bits per heavy atom. The summed E-state index contributed by atoms with van der Waals surface area (Å²) in [5.74, 6) is 0. The lowest BCUT2D eigenvalue weighted by Gasteiger charge is -2.26. The maximum absolute atomic E-state index is 6.21. The first-order valence-corrected chi connectivity index (χ1v) is 22.9. The van der Waals surface area contributed by atoms with Gasteiger partial charge in [-0.15, -0.1) is 0 Å². The third kappa shape index (κ3) is 6.76. The molecule has 0 spiro atoms. The van der Waals surface area contributed by atoms with Gasteiger partial charge in [-0.3, -0.25) is 0 Å². The number of anilines is 3. The van der Waals surface area contributed by atoms with E-state index < -0.39 is 0 Å². The van der Waals surface area contributed by atoms with Gasteiger partial charge in [-0.1, -0.05) is 182 Å². The molecule has 0 saturated carbocycles. The summed E-state index contributed by atoms with van der Waals surface area (Å²) in [6.07, 6.45) is 0. The fourth-order valence-corrected chi connectivity index (χ4v) is 10.1. The lowest BCUT2D eigenvalue weighted by Crippen LogP contribution is -2.10. The van der Waals surface area contributed by atoms with Crippen LogP contribution in [0.2, 0.25) is 0 Å². The first kappa shape index (κ1) is 38.5. The van der Waals surface area contributed by atoms with E-state index in [4.69, 9.17) is 4.42 Å². The second-order valence-electron chi connectivity index (χ2n) is 17.3.